The van der Waals surface area contributed by atoms with Gasteiger partial charge in [0.25, 0.3) is 5.91 Å². The van der Waals surface area contributed by atoms with E-state index in [1.807, 2.05) is 24.3 Å². The Hall–Kier alpha value is -2.64. The highest BCUT2D eigenvalue weighted by molar-refractivity contribution is 6.35. The van der Waals surface area contributed by atoms with Crippen LogP contribution in [0.4, 0.5) is 0 Å². The molecule has 0 saturated carbocycles. The molecule has 0 saturated heterocycles. The number of rotatable bonds is 6. The summed E-state index contributed by atoms with van der Waals surface area (Å²) in [7, 11) is 0. The van der Waals surface area contributed by atoms with Gasteiger partial charge in [-0.1, -0.05) is 40.5 Å². The average Bonchev–Trinajstić information content (AvgIpc) is 3.02. The Morgan fingerprint density at radius 1 is 1.27 bits per heavy atom. The van der Waals surface area contributed by atoms with E-state index in [2.05, 4.69) is 20.8 Å². The number of carbonyl (C=O) groups excluding carboxylic acids is 1. The SMILES string of the molecule is C/C(Cn1nnc2ccccc21)=N\NC(=O)COc1ccc(Cl)cc1Cl. The van der Waals surface area contributed by atoms with E-state index in [-0.39, 0.29) is 6.61 Å². The smallest absolute Gasteiger partial charge is 0.277 e. The number of carbonyl (C=O) groups is 1. The lowest BCUT2D eigenvalue weighted by Gasteiger charge is -2.07. The number of nitrogens with zero attached hydrogens (tertiary/aromatic N) is 4. The molecule has 3 rings (SSSR count). The van der Waals surface area contributed by atoms with Gasteiger partial charge in [0.2, 0.25) is 0 Å². The fraction of sp³-hybridized carbons (Fsp3) is 0.176. The van der Waals surface area contributed by atoms with E-state index in [1.165, 1.54) is 0 Å². The molecular weight excluding hydrogens is 377 g/mol. The Morgan fingerprint density at radius 2 is 2.08 bits per heavy atom. The normalized spacial score (nSPS) is 11.6. The minimum atomic E-state index is -0.404. The van der Waals surface area contributed by atoms with Crippen molar-refractivity contribution in [2.75, 3.05) is 6.61 Å². The molecule has 26 heavy (non-hydrogen) atoms. The summed E-state index contributed by atoms with van der Waals surface area (Å²) in [4.78, 5) is 11.9. The van der Waals surface area contributed by atoms with Crippen molar-refractivity contribution in [2.24, 2.45) is 5.10 Å². The molecule has 134 valence electrons. The summed E-state index contributed by atoms with van der Waals surface area (Å²) in [6.45, 7) is 1.97. The molecule has 9 heteroatoms. The van der Waals surface area contributed by atoms with Crippen molar-refractivity contribution in [2.45, 2.75) is 13.5 Å². The number of aromatic nitrogens is 3. The average molecular weight is 392 g/mol. The monoisotopic (exact) mass is 391 g/mol. The van der Waals surface area contributed by atoms with Crippen LogP contribution < -0.4 is 10.2 Å². The Bertz CT molecular complexity index is 971. The van der Waals surface area contributed by atoms with Crippen LogP contribution in [0.2, 0.25) is 10.0 Å². The topological polar surface area (TPSA) is 81.4 Å². The second-order valence-electron chi connectivity index (χ2n) is 5.48. The molecule has 0 bridgehead atoms. The van der Waals surface area contributed by atoms with Gasteiger partial charge in [-0.2, -0.15) is 5.10 Å². The first-order chi connectivity index (χ1) is 12.5. The predicted molar refractivity (Wildman–Crippen MR) is 101 cm³/mol. The second-order valence-corrected chi connectivity index (χ2v) is 6.32. The third-order valence-electron chi connectivity index (χ3n) is 3.42. The number of fused-ring (bicyclic) bond motifs is 1. The van der Waals surface area contributed by atoms with E-state index in [4.69, 9.17) is 27.9 Å². The molecule has 0 aliphatic carbocycles. The molecule has 0 atom stereocenters. The van der Waals surface area contributed by atoms with Gasteiger partial charge in [-0.25, -0.2) is 10.1 Å². The van der Waals surface area contributed by atoms with Crippen LogP contribution in [0.25, 0.3) is 11.0 Å². The van der Waals surface area contributed by atoms with Gasteiger partial charge in [0.15, 0.2) is 6.61 Å². The molecule has 7 nitrogen and oxygen atoms in total. The quantitative estimate of drug-likeness (QED) is 0.516. The maximum Gasteiger partial charge on any atom is 0.277 e. The van der Waals surface area contributed by atoms with Gasteiger partial charge in [-0.3, -0.25) is 4.79 Å². The number of hydrogen-bond donors (Lipinski definition) is 1. The van der Waals surface area contributed by atoms with Crippen molar-refractivity contribution in [1.29, 1.82) is 0 Å². The summed E-state index contributed by atoms with van der Waals surface area (Å²) in [6.07, 6.45) is 0. The number of ether oxygens (including phenoxy) is 1. The highest BCUT2D eigenvalue weighted by atomic mass is 35.5. The van der Waals surface area contributed by atoms with Gasteiger partial charge < -0.3 is 4.74 Å². The van der Waals surface area contributed by atoms with Crippen LogP contribution in [-0.2, 0) is 11.3 Å². The number of benzene rings is 2. The van der Waals surface area contributed by atoms with E-state index in [9.17, 15) is 4.79 Å². The zero-order chi connectivity index (χ0) is 18.5. The highest BCUT2D eigenvalue weighted by Crippen LogP contribution is 2.27. The van der Waals surface area contributed by atoms with Gasteiger partial charge >= 0.3 is 0 Å². The van der Waals surface area contributed by atoms with Crippen molar-refractivity contribution in [3.63, 3.8) is 0 Å². The van der Waals surface area contributed by atoms with E-state index in [0.717, 1.165) is 11.0 Å². The molecule has 0 aliphatic heterocycles. The van der Waals surface area contributed by atoms with Crippen LogP contribution in [-0.4, -0.2) is 33.2 Å². The van der Waals surface area contributed by atoms with Crippen LogP contribution in [0.5, 0.6) is 5.75 Å². The van der Waals surface area contributed by atoms with Gasteiger partial charge in [0.1, 0.15) is 11.3 Å². The number of nitrogens with one attached hydrogen (secondary N) is 1. The summed E-state index contributed by atoms with van der Waals surface area (Å²) < 4.78 is 7.06. The summed E-state index contributed by atoms with van der Waals surface area (Å²) in [5.74, 6) is -0.0279. The highest BCUT2D eigenvalue weighted by Gasteiger charge is 2.07. The van der Waals surface area contributed by atoms with E-state index in [0.29, 0.717) is 28.1 Å². The van der Waals surface area contributed by atoms with E-state index in [1.54, 1.807) is 29.8 Å². The van der Waals surface area contributed by atoms with E-state index < -0.39 is 5.91 Å². The van der Waals surface area contributed by atoms with Crippen LogP contribution in [0.15, 0.2) is 47.6 Å². The Labute approximate surface area is 159 Å². The van der Waals surface area contributed by atoms with Gasteiger partial charge in [-0.05, 0) is 37.3 Å². The fourth-order valence-electron chi connectivity index (χ4n) is 2.21. The van der Waals surface area contributed by atoms with Crippen molar-refractivity contribution < 1.29 is 9.53 Å². The maximum atomic E-state index is 11.9. The molecule has 0 radical (unpaired) electrons. The molecule has 1 N–H and O–H groups in total. The van der Waals surface area contributed by atoms with Gasteiger partial charge in [0, 0.05) is 5.02 Å². The summed E-state index contributed by atoms with van der Waals surface area (Å²) in [6, 6.07) is 12.4. The van der Waals surface area contributed by atoms with Crippen molar-refractivity contribution >= 4 is 45.9 Å². The number of amides is 1. The Balaban J connectivity index is 1.54. The maximum absolute atomic E-state index is 11.9. The first kappa shape index (κ1) is 18.2. The lowest BCUT2D eigenvalue weighted by molar-refractivity contribution is -0.123. The molecule has 0 unspecified atom stereocenters. The van der Waals surface area contributed by atoms with Crippen molar-refractivity contribution in [1.82, 2.24) is 20.4 Å². The molecule has 1 aromatic heterocycles. The third kappa shape index (κ3) is 4.50. The van der Waals surface area contributed by atoms with Crippen LogP contribution >= 0.6 is 23.2 Å². The number of para-hydroxylation sites is 1. The van der Waals surface area contributed by atoms with Gasteiger partial charge in [0.05, 0.1) is 22.8 Å². The number of halogens is 2. The molecular formula is C17H15Cl2N5O2. The number of hydrazone groups is 1. The molecule has 1 amide bonds. The first-order valence-electron chi connectivity index (χ1n) is 7.71. The molecule has 0 aliphatic rings. The summed E-state index contributed by atoms with van der Waals surface area (Å²) in [5.41, 5.74) is 4.80. The molecule has 0 spiro atoms. The van der Waals surface area contributed by atoms with E-state index >= 15 is 0 Å². The first-order valence-corrected chi connectivity index (χ1v) is 8.46. The standard InChI is InChI=1S/C17H15Cl2N5O2/c1-11(9-24-15-5-3-2-4-14(15)21-23-24)20-22-17(25)10-26-16-7-6-12(18)8-13(16)19/h2-8H,9-10H2,1H3,(H,22,25)/b20-11+. The zero-order valence-corrected chi connectivity index (χ0v) is 15.3. The van der Waals surface area contributed by atoms with Crippen molar-refractivity contribution in [3.05, 3.63) is 52.5 Å². The molecule has 3 aromatic rings. The van der Waals surface area contributed by atoms with Gasteiger partial charge in [-0.15, -0.1) is 5.10 Å². The fourth-order valence-corrected chi connectivity index (χ4v) is 2.67. The van der Waals surface area contributed by atoms with Crippen LogP contribution in [0, 0.1) is 0 Å². The Morgan fingerprint density at radius 3 is 2.88 bits per heavy atom. The number of hydrogen-bond acceptors (Lipinski definition) is 5. The lowest BCUT2D eigenvalue weighted by Crippen LogP contribution is -2.26. The molecule has 0 fully saturated rings. The second kappa shape index (κ2) is 8.16. The van der Waals surface area contributed by atoms with Crippen molar-refractivity contribution in [3.8, 4) is 5.75 Å². The largest absolute Gasteiger partial charge is 0.482 e. The Kier molecular flexibility index (Phi) is 5.70. The molecule has 1 heterocycles. The summed E-state index contributed by atoms with van der Waals surface area (Å²) in [5, 5.41) is 13.0. The predicted octanol–water partition coefficient (Wildman–Crippen LogP) is 3.31. The lowest BCUT2D eigenvalue weighted by atomic mass is 10.3. The third-order valence-corrected chi connectivity index (χ3v) is 3.95. The zero-order valence-electron chi connectivity index (χ0n) is 13.8. The minimum absolute atomic E-state index is 0.218. The minimum Gasteiger partial charge on any atom is -0.482 e. The summed E-state index contributed by atoms with van der Waals surface area (Å²) >= 11 is 11.8. The van der Waals surface area contributed by atoms with Crippen LogP contribution in [0.3, 0.4) is 0 Å². The molecule has 2 aromatic carbocycles. The van der Waals surface area contributed by atoms with Crippen LogP contribution in [0.1, 0.15) is 6.92 Å².